The van der Waals surface area contributed by atoms with Crippen LogP contribution in [0.1, 0.15) is 0 Å². The zero-order valence-corrected chi connectivity index (χ0v) is 11.5. The smallest absolute Gasteiger partial charge is 0.374 e. The first-order valence-electron chi connectivity index (χ1n) is 5.94. The Bertz CT molecular complexity index is 661. The van der Waals surface area contributed by atoms with Crippen molar-refractivity contribution in [2.75, 3.05) is 24.4 Å². The summed E-state index contributed by atoms with van der Waals surface area (Å²) in [6.07, 6.45) is 1.13. The van der Waals surface area contributed by atoms with Crippen LogP contribution in [0.25, 0.3) is 0 Å². The fourth-order valence-corrected chi connectivity index (χ4v) is 1.64. The summed E-state index contributed by atoms with van der Waals surface area (Å²) in [6.45, 7) is 0. The summed E-state index contributed by atoms with van der Waals surface area (Å²) in [6, 6.07) is 7.07. The summed E-state index contributed by atoms with van der Waals surface area (Å²) < 4.78 is 5.49. The Morgan fingerprint density at radius 1 is 1.38 bits per heavy atom. The lowest BCUT2D eigenvalue weighted by Crippen LogP contribution is -2.12. The molecule has 2 aromatic rings. The molecule has 9 heteroatoms. The minimum atomic E-state index is -0.652. The number of nitrogens with two attached hydrogens (primary N) is 1. The molecule has 0 aliphatic heterocycles. The molecule has 1 aromatic heterocycles. The van der Waals surface area contributed by atoms with E-state index in [0.717, 1.165) is 12.0 Å². The lowest BCUT2D eigenvalue weighted by atomic mass is 10.3. The van der Waals surface area contributed by atoms with Gasteiger partial charge >= 0.3 is 11.6 Å². The second-order valence-corrected chi connectivity index (χ2v) is 4.27. The maximum atomic E-state index is 11.1. The number of nitro groups is 1. The van der Waals surface area contributed by atoms with Crippen LogP contribution in [0.15, 0.2) is 30.6 Å². The van der Waals surface area contributed by atoms with Crippen molar-refractivity contribution in [3.05, 3.63) is 40.7 Å². The van der Waals surface area contributed by atoms with E-state index in [1.165, 1.54) is 0 Å². The highest BCUT2D eigenvalue weighted by atomic mass is 16.6. The molecule has 0 amide bonds. The van der Waals surface area contributed by atoms with Gasteiger partial charge in [-0.25, -0.2) is 10.8 Å². The normalized spacial score (nSPS) is 10.0. The minimum absolute atomic E-state index is 0.117. The van der Waals surface area contributed by atoms with Gasteiger partial charge in [0.2, 0.25) is 5.82 Å². The van der Waals surface area contributed by atoms with Crippen LogP contribution >= 0.6 is 0 Å². The molecule has 3 N–H and O–H groups in total. The van der Waals surface area contributed by atoms with Crippen molar-refractivity contribution in [3.63, 3.8) is 0 Å². The van der Waals surface area contributed by atoms with Crippen molar-refractivity contribution in [2.24, 2.45) is 5.84 Å². The summed E-state index contributed by atoms with van der Waals surface area (Å²) in [5.41, 5.74) is 2.62. The first-order chi connectivity index (χ1) is 10.0. The Hall–Kier alpha value is -2.94. The van der Waals surface area contributed by atoms with Crippen LogP contribution in [0.5, 0.6) is 11.6 Å². The molecule has 1 heterocycles. The molecular formula is C12H14N6O3. The predicted octanol–water partition coefficient (Wildman–Crippen LogP) is 1.53. The van der Waals surface area contributed by atoms with E-state index in [1.54, 1.807) is 18.2 Å². The van der Waals surface area contributed by atoms with Crippen molar-refractivity contribution in [3.8, 4) is 11.6 Å². The number of ether oxygens (including phenoxy) is 1. The molecule has 2 rings (SSSR count). The van der Waals surface area contributed by atoms with Crippen LogP contribution in [0.4, 0.5) is 17.2 Å². The van der Waals surface area contributed by atoms with Crippen molar-refractivity contribution in [1.29, 1.82) is 0 Å². The third-order valence-electron chi connectivity index (χ3n) is 2.66. The zero-order valence-electron chi connectivity index (χ0n) is 11.5. The van der Waals surface area contributed by atoms with Gasteiger partial charge in [0.1, 0.15) is 12.1 Å². The largest absolute Gasteiger partial charge is 0.433 e. The number of hydrazine groups is 1. The van der Waals surface area contributed by atoms with E-state index in [2.05, 4.69) is 15.4 Å². The first kappa shape index (κ1) is 14.5. The van der Waals surface area contributed by atoms with E-state index < -0.39 is 10.6 Å². The van der Waals surface area contributed by atoms with Crippen LogP contribution in [0.3, 0.4) is 0 Å². The molecule has 21 heavy (non-hydrogen) atoms. The highest BCUT2D eigenvalue weighted by Gasteiger charge is 2.24. The third kappa shape index (κ3) is 3.15. The number of nitrogen functional groups attached to an aromatic ring is 1. The van der Waals surface area contributed by atoms with Gasteiger partial charge in [0, 0.05) is 25.8 Å². The minimum Gasteiger partial charge on any atom is -0.433 e. The second-order valence-electron chi connectivity index (χ2n) is 4.27. The number of nitrogens with zero attached hydrogens (tertiary/aromatic N) is 4. The Labute approximate surface area is 120 Å². The van der Waals surface area contributed by atoms with Gasteiger partial charge < -0.3 is 15.1 Å². The molecule has 0 unspecified atom stereocenters. The Morgan fingerprint density at radius 2 is 2.14 bits per heavy atom. The third-order valence-corrected chi connectivity index (χ3v) is 2.66. The van der Waals surface area contributed by atoms with Gasteiger partial charge in [-0.3, -0.25) is 10.1 Å². The molecule has 0 radical (unpaired) electrons. The first-order valence-corrected chi connectivity index (χ1v) is 5.94. The van der Waals surface area contributed by atoms with Gasteiger partial charge in [-0.05, 0) is 12.1 Å². The molecule has 0 fully saturated rings. The van der Waals surface area contributed by atoms with Crippen LogP contribution < -0.4 is 20.9 Å². The molecule has 110 valence electrons. The van der Waals surface area contributed by atoms with Gasteiger partial charge in [0.05, 0.1) is 4.92 Å². The fraction of sp³-hybridized carbons (Fsp3) is 0.167. The highest BCUT2D eigenvalue weighted by molar-refractivity contribution is 5.61. The number of anilines is 2. The maximum Gasteiger partial charge on any atom is 0.374 e. The Balaban J connectivity index is 2.40. The Morgan fingerprint density at radius 3 is 2.76 bits per heavy atom. The van der Waals surface area contributed by atoms with Gasteiger partial charge in [-0.1, -0.05) is 6.07 Å². The molecule has 0 aliphatic rings. The molecule has 0 saturated carbocycles. The van der Waals surface area contributed by atoms with E-state index >= 15 is 0 Å². The molecule has 0 bridgehead atoms. The standard InChI is InChI=1S/C12H14N6O3/c1-17(2)8-4-3-5-9(6-8)21-12-10(18(19)20)11(16-13)14-7-15-12/h3-7H,13H2,1-2H3,(H,14,15,16). The molecular weight excluding hydrogens is 276 g/mol. The molecule has 1 aromatic carbocycles. The highest BCUT2D eigenvalue weighted by Crippen LogP contribution is 2.34. The Kier molecular flexibility index (Phi) is 4.14. The van der Waals surface area contributed by atoms with Crippen LogP contribution in [-0.2, 0) is 0 Å². The fourth-order valence-electron chi connectivity index (χ4n) is 1.64. The van der Waals surface area contributed by atoms with E-state index in [-0.39, 0.29) is 11.7 Å². The SMILES string of the molecule is CN(C)c1cccc(Oc2ncnc(NN)c2[N+](=O)[O-])c1. The summed E-state index contributed by atoms with van der Waals surface area (Å²) in [4.78, 5) is 19.8. The van der Waals surface area contributed by atoms with Crippen molar-refractivity contribution >= 4 is 17.2 Å². The number of nitrogens with one attached hydrogen (secondary N) is 1. The van der Waals surface area contributed by atoms with Gasteiger partial charge in [0.25, 0.3) is 0 Å². The van der Waals surface area contributed by atoms with Gasteiger partial charge in [-0.15, -0.1) is 0 Å². The molecule has 0 aliphatic carbocycles. The van der Waals surface area contributed by atoms with Gasteiger partial charge in [-0.2, -0.15) is 4.98 Å². The number of aromatic nitrogens is 2. The number of hydrogen-bond donors (Lipinski definition) is 2. The number of hydrogen-bond acceptors (Lipinski definition) is 8. The van der Waals surface area contributed by atoms with Crippen molar-refractivity contribution < 1.29 is 9.66 Å². The summed E-state index contributed by atoms with van der Waals surface area (Å²) in [5, 5.41) is 11.1. The number of benzene rings is 1. The lowest BCUT2D eigenvalue weighted by molar-refractivity contribution is -0.385. The van der Waals surface area contributed by atoms with E-state index in [1.807, 2.05) is 25.1 Å². The van der Waals surface area contributed by atoms with E-state index in [9.17, 15) is 10.1 Å². The molecule has 0 spiro atoms. The van der Waals surface area contributed by atoms with E-state index in [0.29, 0.717) is 5.75 Å². The topological polar surface area (TPSA) is 119 Å². The van der Waals surface area contributed by atoms with Crippen LogP contribution in [-0.4, -0.2) is 29.0 Å². The van der Waals surface area contributed by atoms with Crippen LogP contribution in [0.2, 0.25) is 0 Å². The zero-order chi connectivity index (χ0) is 15.4. The van der Waals surface area contributed by atoms with Crippen LogP contribution in [0, 0.1) is 10.1 Å². The molecule has 0 atom stereocenters. The maximum absolute atomic E-state index is 11.1. The lowest BCUT2D eigenvalue weighted by Gasteiger charge is -2.13. The van der Waals surface area contributed by atoms with E-state index in [4.69, 9.17) is 10.6 Å². The second kappa shape index (κ2) is 6.01. The summed E-state index contributed by atoms with van der Waals surface area (Å²) in [5.74, 6) is 5.33. The van der Waals surface area contributed by atoms with Crippen molar-refractivity contribution in [2.45, 2.75) is 0 Å². The quantitative estimate of drug-likeness (QED) is 0.483. The average Bonchev–Trinajstić information content (AvgIpc) is 2.46. The van der Waals surface area contributed by atoms with Crippen molar-refractivity contribution in [1.82, 2.24) is 9.97 Å². The van der Waals surface area contributed by atoms with Gasteiger partial charge in [0.15, 0.2) is 0 Å². The summed E-state index contributed by atoms with van der Waals surface area (Å²) >= 11 is 0. The molecule has 0 saturated heterocycles. The summed E-state index contributed by atoms with van der Waals surface area (Å²) in [7, 11) is 3.76. The molecule has 9 nitrogen and oxygen atoms in total. The number of rotatable bonds is 5. The average molecular weight is 290 g/mol. The predicted molar refractivity (Wildman–Crippen MR) is 77.3 cm³/mol. The monoisotopic (exact) mass is 290 g/mol.